The van der Waals surface area contributed by atoms with E-state index in [1.165, 1.54) is 30.5 Å². The predicted octanol–water partition coefficient (Wildman–Crippen LogP) is 2.94. The number of hydrogen-bond acceptors (Lipinski definition) is 2. The molecule has 1 aromatic carbocycles. The quantitative estimate of drug-likeness (QED) is 0.822. The molecule has 0 radical (unpaired) electrons. The number of aromatic hydroxyl groups is 1. The first-order valence-electron chi connectivity index (χ1n) is 7.09. The van der Waals surface area contributed by atoms with Crippen LogP contribution in [-0.2, 0) is 11.8 Å². The minimum absolute atomic E-state index is 0.248. The second-order valence-corrected chi connectivity index (χ2v) is 6.28. The molecule has 2 bridgehead atoms. The Morgan fingerprint density at radius 1 is 1.44 bits per heavy atom. The monoisotopic (exact) mass is 245 g/mol. The molecule has 1 aliphatic heterocycles. The molecule has 98 valence electrons. The standard InChI is InChI=1S/C16H23NO/c1-4-13-15-9-11-5-6-12(18)10-14(11)16(13,2)7-8-17(15)3/h5-6,10,13,15,18H,4,7-9H2,1-3H3/t13?,15?,16-/m1/s1. The number of piperidine rings is 1. The lowest BCUT2D eigenvalue weighted by atomic mass is 9.57. The molecule has 0 spiro atoms. The van der Waals surface area contributed by atoms with Crippen molar-refractivity contribution >= 4 is 0 Å². The Morgan fingerprint density at radius 3 is 2.94 bits per heavy atom. The number of fused-ring (bicyclic) bond motifs is 4. The maximum absolute atomic E-state index is 9.80. The first-order chi connectivity index (χ1) is 8.56. The van der Waals surface area contributed by atoms with Crippen LogP contribution in [0.5, 0.6) is 5.75 Å². The van der Waals surface area contributed by atoms with Gasteiger partial charge in [-0.15, -0.1) is 0 Å². The van der Waals surface area contributed by atoms with Crippen molar-refractivity contribution < 1.29 is 5.11 Å². The molecule has 2 heteroatoms. The molecule has 2 unspecified atom stereocenters. The SMILES string of the molecule is CCC1C2Cc3ccc(O)cc3[C@]1(C)CCN2C. The van der Waals surface area contributed by atoms with Crippen molar-refractivity contribution in [3.05, 3.63) is 29.3 Å². The topological polar surface area (TPSA) is 23.5 Å². The highest BCUT2D eigenvalue weighted by atomic mass is 16.3. The van der Waals surface area contributed by atoms with Gasteiger partial charge < -0.3 is 10.0 Å². The van der Waals surface area contributed by atoms with E-state index in [0.29, 0.717) is 17.7 Å². The largest absolute Gasteiger partial charge is 0.508 e. The van der Waals surface area contributed by atoms with Gasteiger partial charge in [0.1, 0.15) is 5.75 Å². The number of nitrogens with zero attached hydrogens (tertiary/aromatic N) is 1. The fourth-order valence-electron chi connectivity index (χ4n) is 4.35. The normalized spacial score (nSPS) is 35.3. The summed E-state index contributed by atoms with van der Waals surface area (Å²) in [6, 6.07) is 6.65. The van der Waals surface area contributed by atoms with E-state index in [0.717, 1.165) is 6.42 Å². The van der Waals surface area contributed by atoms with Crippen LogP contribution in [0.4, 0.5) is 0 Å². The van der Waals surface area contributed by atoms with E-state index in [1.807, 2.05) is 12.1 Å². The zero-order valence-corrected chi connectivity index (χ0v) is 11.6. The average molecular weight is 245 g/mol. The van der Waals surface area contributed by atoms with E-state index in [9.17, 15) is 5.11 Å². The summed E-state index contributed by atoms with van der Waals surface area (Å²) in [5, 5.41) is 9.80. The Hall–Kier alpha value is -1.02. The average Bonchev–Trinajstić information content (AvgIpc) is 2.35. The summed E-state index contributed by atoms with van der Waals surface area (Å²) in [7, 11) is 2.26. The van der Waals surface area contributed by atoms with Gasteiger partial charge in [0, 0.05) is 6.04 Å². The van der Waals surface area contributed by atoms with Gasteiger partial charge in [-0.25, -0.2) is 0 Å². The zero-order valence-electron chi connectivity index (χ0n) is 11.6. The maximum atomic E-state index is 9.80. The first kappa shape index (κ1) is 12.0. The summed E-state index contributed by atoms with van der Waals surface area (Å²) >= 11 is 0. The van der Waals surface area contributed by atoms with Crippen LogP contribution in [0, 0.1) is 5.92 Å². The Morgan fingerprint density at radius 2 is 2.22 bits per heavy atom. The predicted molar refractivity (Wildman–Crippen MR) is 74.0 cm³/mol. The molecule has 2 aliphatic rings. The highest BCUT2D eigenvalue weighted by molar-refractivity contribution is 5.44. The molecule has 0 saturated carbocycles. The van der Waals surface area contributed by atoms with Crippen LogP contribution in [0.2, 0.25) is 0 Å². The zero-order chi connectivity index (χ0) is 12.9. The first-order valence-corrected chi connectivity index (χ1v) is 7.09. The van der Waals surface area contributed by atoms with Gasteiger partial charge in [0.05, 0.1) is 0 Å². The summed E-state index contributed by atoms with van der Waals surface area (Å²) in [5.41, 5.74) is 3.09. The minimum atomic E-state index is 0.248. The van der Waals surface area contributed by atoms with E-state index in [1.54, 1.807) is 0 Å². The molecule has 1 fully saturated rings. The second kappa shape index (κ2) is 3.99. The summed E-state index contributed by atoms with van der Waals surface area (Å²) in [6.45, 7) is 5.88. The molecule has 0 aromatic heterocycles. The van der Waals surface area contributed by atoms with Crippen molar-refractivity contribution in [2.24, 2.45) is 5.92 Å². The van der Waals surface area contributed by atoms with Gasteiger partial charge >= 0.3 is 0 Å². The van der Waals surface area contributed by atoms with E-state index in [4.69, 9.17) is 0 Å². The van der Waals surface area contributed by atoms with E-state index >= 15 is 0 Å². The van der Waals surface area contributed by atoms with Gasteiger partial charge in [-0.2, -0.15) is 0 Å². The Bertz CT molecular complexity index is 470. The van der Waals surface area contributed by atoms with Gasteiger partial charge in [0.2, 0.25) is 0 Å². The lowest BCUT2D eigenvalue weighted by molar-refractivity contribution is 0.0376. The molecule has 1 aromatic rings. The van der Waals surface area contributed by atoms with Crippen molar-refractivity contribution in [3.8, 4) is 5.75 Å². The molecule has 1 saturated heterocycles. The lowest BCUT2D eigenvalue weighted by Crippen LogP contribution is -2.57. The van der Waals surface area contributed by atoms with Crippen LogP contribution in [0.15, 0.2) is 18.2 Å². The molecule has 1 heterocycles. The lowest BCUT2D eigenvalue weighted by Gasteiger charge is -2.54. The van der Waals surface area contributed by atoms with Crippen molar-refractivity contribution in [2.45, 2.75) is 44.6 Å². The molecule has 3 rings (SSSR count). The van der Waals surface area contributed by atoms with Gasteiger partial charge in [0.25, 0.3) is 0 Å². The van der Waals surface area contributed by atoms with Crippen molar-refractivity contribution in [1.82, 2.24) is 4.90 Å². The Kier molecular flexibility index (Phi) is 2.67. The van der Waals surface area contributed by atoms with Crippen LogP contribution in [0.3, 0.4) is 0 Å². The third kappa shape index (κ3) is 1.51. The molecule has 3 atom stereocenters. The molecule has 2 nitrogen and oxygen atoms in total. The summed E-state index contributed by atoms with van der Waals surface area (Å²) in [5.74, 6) is 1.13. The van der Waals surface area contributed by atoms with Crippen molar-refractivity contribution in [2.75, 3.05) is 13.6 Å². The third-order valence-corrected chi connectivity index (χ3v) is 5.41. The number of benzene rings is 1. The van der Waals surface area contributed by atoms with Crippen LogP contribution >= 0.6 is 0 Å². The van der Waals surface area contributed by atoms with Gasteiger partial charge in [-0.3, -0.25) is 0 Å². The maximum Gasteiger partial charge on any atom is 0.115 e. The van der Waals surface area contributed by atoms with E-state index in [2.05, 4.69) is 31.9 Å². The fraction of sp³-hybridized carbons (Fsp3) is 0.625. The minimum Gasteiger partial charge on any atom is -0.508 e. The second-order valence-electron chi connectivity index (χ2n) is 6.28. The Labute approximate surface area is 110 Å². The fourth-order valence-corrected chi connectivity index (χ4v) is 4.35. The van der Waals surface area contributed by atoms with Crippen LogP contribution in [0.1, 0.15) is 37.8 Å². The van der Waals surface area contributed by atoms with Gasteiger partial charge in [0.15, 0.2) is 0 Å². The summed E-state index contributed by atoms with van der Waals surface area (Å²) in [6.07, 6.45) is 3.57. The highest BCUT2D eigenvalue weighted by Crippen LogP contribution is 2.50. The van der Waals surface area contributed by atoms with E-state index in [-0.39, 0.29) is 5.41 Å². The van der Waals surface area contributed by atoms with Crippen molar-refractivity contribution in [1.29, 1.82) is 0 Å². The molecule has 1 N–H and O–H groups in total. The summed E-state index contributed by atoms with van der Waals surface area (Å²) < 4.78 is 0. The van der Waals surface area contributed by atoms with Crippen LogP contribution < -0.4 is 0 Å². The molecule has 0 amide bonds. The number of phenols is 1. The summed E-state index contributed by atoms with van der Waals surface area (Å²) in [4.78, 5) is 2.53. The van der Waals surface area contributed by atoms with Gasteiger partial charge in [-0.1, -0.05) is 26.3 Å². The third-order valence-electron chi connectivity index (χ3n) is 5.41. The number of likely N-dealkylation sites (N-methyl/N-ethyl adjacent to an activating group) is 1. The molecular formula is C16H23NO. The Balaban J connectivity index is 2.15. The van der Waals surface area contributed by atoms with E-state index < -0.39 is 0 Å². The van der Waals surface area contributed by atoms with Crippen molar-refractivity contribution in [3.63, 3.8) is 0 Å². The number of rotatable bonds is 1. The molecule has 1 aliphatic carbocycles. The van der Waals surface area contributed by atoms with Gasteiger partial charge in [-0.05, 0) is 61.0 Å². The molecule has 18 heavy (non-hydrogen) atoms. The van der Waals surface area contributed by atoms with Crippen LogP contribution in [0.25, 0.3) is 0 Å². The number of phenolic OH excluding ortho intramolecular Hbond substituents is 1. The smallest absolute Gasteiger partial charge is 0.115 e. The highest BCUT2D eigenvalue weighted by Gasteiger charge is 2.48. The van der Waals surface area contributed by atoms with Crippen LogP contribution in [-0.4, -0.2) is 29.6 Å². The molecular weight excluding hydrogens is 222 g/mol. The number of likely N-dealkylation sites (tertiary alicyclic amines) is 1. The number of hydrogen-bond donors (Lipinski definition) is 1.